The van der Waals surface area contributed by atoms with Crippen LogP contribution in [-0.2, 0) is 0 Å². The number of carbonyl (C=O) groups is 1. The molecule has 7 nitrogen and oxygen atoms in total. The summed E-state index contributed by atoms with van der Waals surface area (Å²) in [4.78, 5) is 22.6. The summed E-state index contributed by atoms with van der Waals surface area (Å²) >= 11 is 0. The molecule has 2 atom stereocenters. The van der Waals surface area contributed by atoms with Crippen molar-refractivity contribution in [2.45, 2.75) is 45.2 Å². The maximum absolute atomic E-state index is 12.3. The van der Waals surface area contributed by atoms with Crippen LogP contribution in [0.15, 0.2) is 18.2 Å². The number of nitrogen functional groups attached to an aromatic ring is 1. The molecule has 1 amide bonds. The van der Waals surface area contributed by atoms with Gasteiger partial charge in [-0.05, 0) is 38.8 Å². The van der Waals surface area contributed by atoms with E-state index in [0.29, 0.717) is 0 Å². The first-order valence-corrected chi connectivity index (χ1v) is 7.03. The molecule has 1 fully saturated rings. The van der Waals surface area contributed by atoms with E-state index < -0.39 is 4.92 Å². The van der Waals surface area contributed by atoms with Crippen LogP contribution < -0.4 is 11.2 Å². The van der Waals surface area contributed by atoms with E-state index in [4.69, 9.17) is 5.73 Å². The van der Waals surface area contributed by atoms with Crippen LogP contribution >= 0.6 is 0 Å². The molecule has 0 radical (unpaired) electrons. The first-order valence-electron chi connectivity index (χ1n) is 7.03. The molecule has 2 rings (SSSR count). The summed E-state index contributed by atoms with van der Waals surface area (Å²) in [6, 6.07) is 4.60. The van der Waals surface area contributed by atoms with Crippen LogP contribution in [0.3, 0.4) is 0 Å². The molecule has 7 heteroatoms. The van der Waals surface area contributed by atoms with Crippen molar-refractivity contribution in [1.29, 1.82) is 0 Å². The van der Waals surface area contributed by atoms with Crippen LogP contribution in [0.2, 0.25) is 0 Å². The molecule has 0 spiro atoms. The van der Waals surface area contributed by atoms with Gasteiger partial charge in [0.2, 0.25) is 0 Å². The highest BCUT2D eigenvalue weighted by Crippen LogP contribution is 2.23. The van der Waals surface area contributed by atoms with Crippen molar-refractivity contribution in [3.63, 3.8) is 0 Å². The van der Waals surface area contributed by atoms with E-state index >= 15 is 0 Å². The smallest absolute Gasteiger partial charge is 0.292 e. The van der Waals surface area contributed by atoms with Gasteiger partial charge in [-0.1, -0.05) is 6.42 Å². The van der Waals surface area contributed by atoms with Crippen LogP contribution in [0.1, 0.15) is 43.5 Å². The van der Waals surface area contributed by atoms with Gasteiger partial charge in [0.1, 0.15) is 5.69 Å². The lowest BCUT2D eigenvalue weighted by Gasteiger charge is -2.38. The molecule has 1 saturated heterocycles. The summed E-state index contributed by atoms with van der Waals surface area (Å²) in [5.74, 6) is -0.348. The molecule has 1 aliphatic rings. The zero-order valence-corrected chi connectivity index (χ0v) is 12.2. The third-order valence-electron chi connectivity index (χ3n) is 3.91. The largest absolute Gasteiger partial charge is 0.393 e. The van der Waals surface area contributed by atoms with Crippen LogP contribution in [0.25, 0.3) is 0 Å². The first-order chi connectivity index (χ1) is 9.90. The fourth-order valence-corrected chi connectivity index (χ4v) is 2.67. The number of anilines is 1. The highest BCUT2D eigenvalue weighted by atomic mass is 16.6. The van der Waals surface area contributed by atoms with Crippen molar-refractivity contribution in [3.8, 4) is 0 Å². The minimum absolute atomic E-state index is 0.0521. The Morgan fingerprint density at radius 2 is 2.00 bits per heavy atom. The van der Waals surface area contributed by atoms with Crippen molar-refractivity contribution in [2.75, 3.05) is 5.73 Å². The molecule has 114 valence electrons. The average molecular weight is 292 g/mol. The molecule has 1 aromatic carbocycles. The SMILES string of the molecule is CC1CCCC(C)N1NC(=O)c1ccc(N)c([N+](=O)[O-])c1. The third kappa shape index (κ3) is 3.30. The van der Waals surface area contributed by atoms with Gasteiger partial charge in [-0.25, -0.2) is 5.01 Å². The van der Waals surface area contributed by atoms with Crippen LogP contribution in [-0.4, -0.2) is 27.9 Å². The van der Waals surface area contributed by atoms with Gasteiger partial charge in [-0.15, -0.1) is 0 Å². The standard InChI is InChI=1S/C14H20N4O3/c1-9-4-3-5-10(2)17(9)16-14(19)11-6-7-12(15)13(8-11)18(20)21/h6-10H,3-5,15H2,1-2H3,(H,16,19). The molecule has 1 aliphatic heterocycles. The lowest BCUT2D eigenvalue weighted by atomic mass is 10.00. The van der Waals surface area contributed by atoms with Crippen molar-refractivity contribution < 1.29 is 9.72 Å². The van der Waals surface area contributed by atoms with Crippen LogP contribution in [0.4, 0.5) is 11.4 Å². The summed E-state index contributed by atoms with van der Waals surface area (Å²) < 4.78 is 0. The lowest BCUT2D eigenvalue weighted by Crippen LogP contribution is -2.54. The Hall–Kier alpha value is -2.15. The quantitative estimate of drug-likeness (QED) is 0.504. The molecule has 1 heterocycles. The Kier molecular flexibility index (Phi) is 4.42. The fourth-order valence-electron chi connectivity index (χ4n) is 2.67. The number of carbonyl (C=O) groups excluding carboxylic acids is 1. The van der Waals surface area contributed by atoms with E-state index in [-0.39, 0.29) is 34.9 Å². The minimum atomic E-state index is -0.585. The molecule has 0 aliphatic carbocycles. The number of hydrogen-bond acceptors (Lipinski definition) is 5. The van der Waals surface area contributed by atoms with E-state index in [2.05, 4.69) is 19.3 Å². The second-order valence-corrected chi connectivity index (χ2v) is 5.51. The van der Waals surface area contributed by atoms with Gasteiger partial charge in [0.15, 0.2) is 0 Å². The van der Waals surface area contributed by atoms with Gasteiger partial charge in [0, 0.05) is 23.7 Å². The van der Waals surface area contributed by atoms with Gasteiger partial charge in [-0.3, -0.25) is 20.3 Å². The number of nitro groups is 1. The Morgan fingerprint density at radius 3 is 2.57 bits per heavy atom. The van der Waals surface area contributed by atoms with Gasteiger partial charge in [-0.2, -0.15) is 0 Å². The maximum atomic E-state index is 12.3. The number of amides is 1. The molecular formula is C14H20N4O3. The molecule has 0 saturated carbocycles. The molecular weight excluding hydrogens is 272 g/mol. The number of nitro benzene ring substituents is 1. The number of hydrazine groups is 1. The lowest BCUT2D eigenvalue weighted by molar-refractivity contribution is -0.383. The van der Waals surface area contributed by atoms with Gasteiger partial charge in [0.25, 0.3) is 11.6 Å². The number of nitrogens with zero attached hydrogens (tertiary/aromatic N) is 2. The molecule has 0 aromatic heterocycles. The highest BCUT2D eigenvalue weighted by molar-refractivity contribution is 5.95. The van der Waals surface area contributed by atoms with Crippen molar-refractivity contribution in [2.24, 2.45) is 0 Å². The Bertz CT molecular complexity index is 551. The predicted molar refractivity (Wildman–Crippen MR) is 79.6 cm³/mol. The molecule has 2 unspecified atom stereocenters. The molecule has 3 N–H and O–H groups in total. The van der Waals surface area contributed by atoms with Gasteiger partial charge in [0.05, 0.1) is 4.92 Å². The second kappa shape index (κ2) is 6.09. The Balaban J connectivity index is 2.16. The number of nitrogens with two attached hydrogens (primary N) is 1. The average Bonchev–Trinajstić information content (AvgIpc) is 2.43. The van der Waals surface area contributed by atoms with E-state index in [1.165, 1.54) is 18.2 Å². The fraction of sp³-hybridized carbons (Fsp3) is 0.500. The van der Waals surface area contributed by atoms with Crippen LogP contribution in [0, 0.1) is 10.1 Å². The number of rotatable bonds is 3. The van der Waals surface area contributed by atoms with Crippen LogP contribution in [0.5, 0.6) is 0 Å². The van der Waals surface area contributed by atoms with Crippen molar-refractivity contribution >= 4 is 17.3 Å². The van der Waals surface area contributed by atoms with E-state index in [1.807, 2.05) is 5.01 Å². The Labute approximate surface area is 123 Å². The van der Waals surface area contributed by atoms with E-state index in [1.54, 1.807) is 0 Å². The summed E-state index contributed by atoms with van der Waals surface area (Å²) in [5, 5.41) is 12.8. The van der Waals surface area contributed by atoms with Crippen molar-refractivity contribution in [1.82, 2.24) is 10.4 Å². The minimum Gasteiger partial charge on any atom is -0.393 e. The summed E-state index contributed by atoms with van der Waals surface area (Å²) in [7, 11) is 0. The number of hydrogen-bond donors (Lipinski definition) is 2. The monoisotopic (exact) mass is 292 g/mol. The summed E-state index contributed by atoms with van der Waals surface area (Å²) in [5.41, 5.74) is 8.43. The highest BCUT2D eigenvalue weighted by Gasteiger charge is 2.27. The number of benzene rings is 1. The Morgan fingerprint density at radius 1 is 1.38 bits per heavy atom. The molecule has 1 aromatic rings. The summed E-state index contributed by atoms with van der Waals surface area (Å²) in [6.07, 6.45) is 3.18. The third-order valence-corrected chi connectivity index (χ3v) is 3.91. The summed E-state index contributed by atoms with van der Waals surface area (Å²) in [6.45, 7) is 4.11. The van der Waals surface area contributed by atoms with Gasteiger partial charge >= 0.3 is 0 Å². The maximum Gasteiger partial charge on any atom is 0.292 e. The zero-order chi connectivity index (χ0) is 15.6. The predicted octanol–water partition coefficient (Wildman–Crippen LogP) is 2.08. The second-order valence-electron chi connectivity index (χ2n) is 5.51. The topological polar surface area (TPSA) is 102 Å². The zero-order valence-electron chi connectivity index (χ0n) is 12.2. The first kappa shape index (κ1) is 15.2. The van der Waals surface area contributed by atoms with Crippen molar-refractivity contribution in [3.05, 3.63) is 33.9 Å². The van der Waals surface area contributed by atoms with E-state index in [9.17, 15) is 14.9 Å². The van der Waals surface area contributed by atoms with E-state index in [0.717, 1.165) is 19.3 Å². The van der Waals surface area contributed by atoms with Gasteiger partial charge < -0.3 is 5.73 Å². The number of nitrogens with one attached hydrogen (secondary N) is 1. The molecule has 0 bridgehead atoms. The number of piperidine rings is 1. The molecule has 21 heavy (non-hydrogen) atoms. The normalized spacial score (nSPS) is 22.8.